The highest BCUT2D eigenvalue weighted by Crippen LogP contribution is 2.29. The van der Waals surface area contributed by atoms with Gasteiger partial charge in [0.05, 0.1) is 5.69 Å². The van der Waals surface area contributed by atoms with E-state index in [2.05, 4.69) is 20.3 Å². The number of thiazole rings is 1. The van der Waals surface area contributed by atoms with Gasteiger partial charge in [-0.15, -0.1) is 11.3 Å². The molecule has 0 radical (unpaired) electrons. The average molecular weight is 376 g/mol. The van der Waals surface area contributed by atoms with Crippen molar-refractivity contribution in [3.63, 3.8) is 0 Å². The molecule has 3 heterocycles. The lowest BCUT2D eigenvalue weighted by Crippen LogP contribution is -1.93. The normalized spacial score (nSPS) is 10.8. The molecular formula is C21H17FN4S. The second kappa shape index (κ2) is 7.25. The molecule has 4 nitrogen and oxygen atoms in total. The van der Waals surface area contributed by atoms with Crippen LogP contribution >= 0.6 is 11.3 Å². The standard InChI is InChI=1S/C21H17FN4S/c1-13-11-23-19(22)10-17(13)15-6-8-16(9-7-15)18-12-27-21(25-18)26-20-5-3-4-14(2)24-20/h3-12H,1-2H3,(H,24,25,26). The van der Waals surface area contributed by atoms with Crippen molar-refractivity contribution < 1.29 is 4.39 Å². The minimum absolute atomic E-state index is 0.473. The van der Waals surface area contributed by atoms with Gasteiger partial charge in [-0.2, -0.15) is 4.39 Å². The first-order valence-electron chi connectivity index (χ1n) is 8.48. The van der Waals surface area contributed by atoms with Gasteiger partial charge >= 0.3 is 0 Å². The summed E-state index contributed by atoms with van der Waals surface area (Å²) in [6.45, 7) is 3.88. The molecule has 0 spiro atoms. The maximum absolute atomic E-state index is 13.5. The number of aromatic nitrogens is 3. The number of aryl methyl sites for hydroxylation is 2. The summed E-state index contributed by atoms with van der Waals surface area (Å²) in [6.07, 6.45) is 1.55. The van der Waals surface area contributed by atoms with Gasteiger partial charge in [-0.05, 0) is 42.7 Å². The van der Waals surface area contributed by atoms with E-state index in [-0.39, 0.29) is 0 Å². The highest BCUT2D eigenvalue weighted by Gasteiger charge is 2.08. The van der Waals surface area contributed by atoms with Crippen molar-refractivity contribution in [2.75, 3.05) is 5.32 Å². The van der Waals surface area contributed by atoms with Crippen LogP contribution in [0.3, 0.4) is 0 Å². The van der Waals surface area contributed by atoms with Crippen LogP contribution < -0.4 is 5.32 Å². The van der Waals surface area contributed by atoms with E-state index in [9.17, 15) is 4.39 Å². The number of nitrogens with zero attached hydrogens (tertiary/aromatic N) is 3. The molecule has 0 bridgehead atoms. The number of anilines is 2. The Kier molecular flexibility index (Phi) is 4.64. The van der Waals surface area contributed by atoms with Crippen molar-refractivity contribution in [3.05, 3.63) is 77.3 Å². The number of rotatable bonds is 4. The SMILES string of the molecule is Cc1cccc(Nc2nc(-c3ccc(-c4cc(F)ncc4C)cc3)cs2)n1. The summed E-state index contributed by atoms with van der Waals surface area (Å²) in [6, 6.07) is 15.2. The Bertz CT molecular complexity index is 1090. The van der Waals surface area contributed by atoms with E-state index < -0.39 is 5.95 Å². The Labute approximate surface area is 160 Å². The first kappa shape index (κ1) is 17.3. The molecule has 27 heavy (non-hydrogen) atoms. The number of hydrogen-bond donors (Lipinski definition) is 1. The summed E-state index contributed by atoms with van der Waals surface area (Å²) in [5.41, 5.74) is 5.59. The van der Waals surface area contributed by atoms with Crippen LogP contribution in [0.25, 0.3) is 22.4 Å². The third kappa shape index (κ3) is 3.85. The van der Waals surface area contributed by atoms with Gasteiger partial charge in [0.15, 0.2) is 5.13 Å². The topological polar surface area (TPSA) is 50.7 Å². The Hall–Kier alpha value is -3.12. The van der Waals surface area contributed by atoms with Crippen molar-refractivity contribution in [2.24, 2.45) is 0 Å². The second-order valence-corrected chi connectivity index (χ2v) is 7.08. The van der Waals surface area contributed by atoms with E-state index in [0.29, 0.717) is 0 Å². The van der Waals surface area contributed by atoms with Gasteiger partial charge in [0.25, 0.3) is 0 Å². The van der Waals surface area contributed by atoms with Crippen molar-refractivity contribution in [3.8, 4) is 22.4 Å². The van der Waals surface area contributed by atoms with E-state index in [0.717, 1.165) is 44.6 Å². The smallest absolute Gasteiger partial charge is 0.213 e. The molecule has 0 amide bonds. The van der Waals surface area contributed by atoms with Gasteiger partial charge in [-0.25, -0.2) is 15.0 Å². The van der Waals surface area contributed by atoms with Crippen LogP contribution in [0, 0.1) is 19.8 Å². The molecule has 0 saturated heterocycles. The lowest BCUT2D eigenvalue weighted by Gasteiger charge is -2.06. The van der Waals surface area contributed by atoms with E-state index in [1.165, 1.54) is 17.4 Å². The fourth-order valence-electron chi connectivity index (χ4n) is 2.82. The number of hydrogen-bond acceptors (Lipinski definition) is 5. The predicted octanol–water partition coefficient (Wildman–Crippen LogP) is 5.77. The molecule has 0 atom stereocenters. The molecule has 134 valence electrons. The average Bonchev–Trinajstić information content (AvgIpc) is 3.12. The third-order valence-electron chi connectivity index (χ3n) is 4.19. The highest BCUT2D eigenvalue weighted by atomic mass is 32.1. The zero-order chi connectivity index (χ0) is 18.8. The third-order valence-corrected chi connectivity index (χ3v) is 4.95. The lowest BCUT2D eigenvalue weighted by molar-refractivity contribution is 0.583. The summed E-state index contributed by atoms with van der Waals surface area (Å²) in [7, 11) is 0. The van der Waals surface area contributed by atoms with Gasteiger partial charge in [-0.3, -0.25) is 0 Å². The van der Waals surface area contributed by atoms with E-state index in [1.54, 1.807) is 6.20 Å². The summed E-state index contributed by atoms with van der Waals surface area (Å²) >= 11 is 1.53. The first-order chi connectivity index (χ1) is 13.1. The van der Waals surface area contributed by atoms with Crippen LogP contribution in [0.5, 0.6) is 0 Å². The molecule has 0 saturated carbocycles. The maximum Gasteiger partial charge on any atom is 0.213 e. The lowest BCUT2D eigenvalue weighted by atomic mass is 10.0. The molecule has 1 N–H and O–H groups in total. The van der Waals surface area contributed by atoms with Crippen molar-refractivity contribution >= 4 is 22.3 Å². The maximum atomic E-state index is 13.5. The zero-order valence-corrected chi connectivity index (χ0v) is 15.7. The minimum atomic E-state index is -0.473. The van der Waals surface area contributed by atoms with Gasteiger partial charge in [0, 0.05) is 28.9 Å². The molecule has 3 aromatic heterocycles. The fraction of sp³-hybridized carbons (Fsp3) is 0.0952. The van der Waals surface area contributed by atoms with Gasteiger partial charge in [-0.1, -0.05) is 30.3 Å². The van der Waals surface area contributed by atoms with Gasteiger partial charge in [0.2, 0.25) is 5.95 Å². The van der Waals surface area contributed by atoms with Crippen LogP contribution in [0.4, 0.5) is 15.3 Å². The Morgan fingerprint density at radius 2 is 1.74 bits per heavy atom. The predicted molar refractivity (Wildman–Crippen MR) is 108 cm³/mol. The molecule has 4 rings (SSSR count). The van der Waals surface area contributed by atoms with E-state index >= 15 is 0 Å². The van der Waals surface area contributed by atoms with Crippen LogP contribution in [0.1, 0.15) is 11.3 Å². The number of benzene rings is 1. The Balaban J connectivity index is 1.56. The second-order valence-electron chi connectivity index (χ2n) is 6.23. The zero-order valence-electron chi connectivity index (χ0n) is 14.9. The van der Waals surface area contributed by atoms with E-state index in [4.69, 9.17) is 0 Å². The van der Waals surface area contributed by atoms with Crippen molar-refractivity contribution in [1.82, 2.24) is 15.0 Å². The summed E-state index contributed by atoms with van der Waals surface area (Å²) in [5, 5.41) is 6.03. The molecule has 1 aromatic carbocycles. The summed E-state index contributed by atoms with van der Waals surface area (Å²) < 4.78 is 13.5. The van der Waals surface area contributed by atoms with Crippen LogP contribution in [0.15, 0.2) is 60.1 Å². The summed E-state index contributed by atoms with van der Waals surface area (Å²) in [4.78, 5) is 12.8. The van der Waals surface area contributed by atoms with Gasteiger partial charge in [0.1, 0.15) is 5.82 Å². The molecule has 0 fully saturated rings. The van der Waals surface area contributed by atoms with Crippen LogP contribution in [-0.2, 0) is 0 Å². The summed E-state index contributed by atoms with van der Waals surface area (Å²) in [5.74, 6) is 0.307. The largest absolute Gasteiger partial charge is 0.316 e. The van der Waals surface area contributed by atoms with Crippen LogP contribution in [-0.4, -0.2) is 15.0 Å². The molecule has 0 aliphatic carbocycles. The van der Waals surface area contributed by atoms with Crippen molar-refractivity contribution in [2.45, 2.75) is 13.8 Å². The monoisotopic (exact) mass is 376 g/mol. The number of nitrogens with one attached hydrogen (secondary N) is 1. The molecule has 6 heteroatoms. The number of halogens is 1. The first-order valence-corrected chi connectivity index (χ1v) is 9.35. The molecular weight excluding hydrogens is 359 g/mol. The fourth-order valence-corrected chi connectivity index (χ4v) is 3.54. The Morgan fingerprint density at radius 1 is 0.963 bits per heavy atom. The molecule has 4 aromatic rings. The van der Waals surface area contributed by atoms with Crippen LogP contribution in [0.2, 0.25) is 0 Å². The molecule has 0 aliphatic rings. The number of pyridine rings is 2. The minimum Gasteiger partial charge on any atom is -0.316 e. The Morgan fingerprint density at radius 3 is 2.52 bits per heavy atom. The molecule has 0 aliphatic heterocycles. The van der Waals surface area contributed by atoms with Crippen molar-refractivity contribution in [1.29, 1.82) is 0 Å². The molecule has 0 unspecified atom stereocenters. The van der Waals surface area contributed by atoms with E-state index in [1.807, 2.05) is 61.7 Å². The van der Waals surface area contributed by atoms with Gasteiger partial charge < -0.3 is 5.32 Å². The quantitative estimate of drug-likeness (QED) is 0.460. The highest BCUT2D eigenvalue weighted by molar-refractivity contribution is 7.14.